The van der Waals surface area contributed by atoms with Crippen LogP contribution in [-0.4, -0.2) is 46.7 Å². The molecule has 1 aliphatic rings. The van der Waals surface area contributed by atoms with Crippen LogP contribution in [0.2, 0.25) is 0 Å². The van der Waals surface area contributed by atoms with E-state index in [1.165, 1.54) is 7.11 Å². The summed E-state index contributed by atoms with van der Waals surface area (Å²) in [7, 11) is -5.97. The highest BCUT2D eigenvalue weighted by Crippen LogP contribution is 2.33. The Morgan fingerprint density at radius 3 is 2.41 bits per heavy atom. The standard InChI is InChI=1S/C21H27NO5S2/c1-14-6-5-7-17(8-14)11-22-18-12-28(23,24)13-21(18)29(25,26)20-10-16(3)15(2)9-19(20)27-4/h5-10,18,21-22H,11-13H2,1-4H3/t18-,21-/m0/s1. The predicted molar refractivity (Wildman–Crippen MR) is 114 cm³/mol. The van der Waals surface area contributed by atoms with Gasteiger partial charge in [0, 0.05) is 12.6 Å². The molecule has 2 aromatic carbocycles. The van der Waals surface area contributed by atoms with Crippen molar-refractivity contribution in [3.05, 3.63) is 58.7 Å². The third-order valence-corrected chi connectivity index (χ3v) is 9.61. The second kappa shape index (κ2) is 8.08. The summed E-state index contributed by atoms with van der Waals surface area (Å²) in [5.74, 6) is -0.345. The molecule has 1 saturated heterocycles. The van der Waals surface area contributed by atoms with Crippen molar-refractivity contribution in [1.29, 1.82) is 0 Å². The van der Waals surface area contributed by atoms with Gasteiger partial charge in [-0.25, -0.2) is 16.8 Å². The number of hydrogen-bond acceptors (Lipinski definition) is 6. The van der Waals surface area contributed by atoms with E-state index in [-0.39, 0.29) is 16.4 Å². The van der Waals surface area contributed by atoms with Gasteiger partial charge in [0.1, 0.15) is 10.6 Å². The van der Waals surface area contributed by atoms with E-state index in [0.717, 1.165) is 22.3 Å². The van der Waals surface area contributed by atoms with Gasteiger partial charge in [0.25, 0.3) is 0 Å². The Labute approximate surface area is 173 Å². The predicted octanol–water partition coefficient (Wildman–Crippen LogP) is 2.35. The van der Waals surface area contributed by atoms with Crippen molar-refractivity contribution in [1.82, 2.24) is 5.32 Å². The van der Waals surface area contributed by atoms with Crippen molar-refractivity contribution >= 4 is 19.7 Å². The van der Waals surface area contributed by atoms with Crippen molar-refractivity contribution in [3.8, 4) is 5.75 Å². The number of methoxy groups -OCH3 is 1. The number of rotatable bonds is 6. The molecule has 1 N–H and O–H groups in total. The summed E-state index contributed by atoms with van der Waals surface area (Å²) in [6.07, 6.45) is 0. The van der Waals surface area contributed by atoms with Crippen LogP contribution >= 0.6 is 0 Å². The Hall–Kier alpha value is -1.90. The van der Waals surface area contributed by atoms with Gasteiger partial charge in [0.15, 0.2) is 19.7 Å². The van der Waals surface area contributed by atoms with Gasteiger partial charge in [-0.15, -0.1) is 0 Å². The van der Waals surface area contributed by atoms with Crippen LogP contribution < -0.4 is 10.1 Å². The number of sulfone groups is 2. The van der Waals surface area contributed by atoms with Crippen LogP contribution in [0.25, 0.3) is 0 Å². The van der Waals surface area contributed by atoms with Gasteiger partial charge in [-0.1, -0.05) is 29.8 Å². The van der Waals surface area contributed by atoms with Crippen LogP contribution in [0.4, 0.5) is 0 Å². The van der Waals surface area contributed by atoms with Crippen LogP contribution in [0.1, 0.15) is 22.3 Å². The van der Waals surface area contributed by atoms with Crippen LogP contribution in [0.3, 0.4) is 0 Å². The Balaban J connectivity index is 1.94. The van der Waals surface area contributed by atoms with E-state index in [1.807, 2.05) is 45.0 Å². The molecule has 8 heteroatoms. The van der Waals surface area contributed by atoms with Gasteiger partial charge in [-0.05, 0) is 49.6 Å². The zero-order valence-electron chi connectivity index (χ0n) is 17.1. The summed E-state index contributed by atoms with van der Waals surface area (Å²) in [5.41, 5.74) is 3.80. The first-order chi connectivity index (χ1) is 13.5. The minimum atomic E-state index is -3.92. The van der Waals surface area contributed by atoms with E-state index in [0.29, 0.717) is 6.54 Å². The molecule has 29 heavy (non-hydrogen) atoms. The van der Waals surface area contributed by atoms with E-state index >= 15 is 0 Å². The summed E-state index contributed by atoms with van der Waals surface area (Å²) in [5, 5.41) is 2.11. The molecule has 0 amide bonds. The quantitative estimate of drug-likeness (QED) is 0.746. The topological polar surface area (TPSA) is 89.5 Å². The molecule has 2 atom stereocenters. The van der Waals surface area contributed by atoms with Gasteiger partial charge >= 0.3 is 0 Å². The third kappa shape index (κ3) is 4.65. The lowest BCUT2D eigenvalue weighted by Gasteiger charge is -2.22. The number of ether oxygens (including phenoxy) is 1. The molecule has 0 aromatic heterocycles. The first kappa shape index (κ1) is 21.8. The summed E-state index contributed by atoms with van der Waals surface area (Å²) < 4.78 is 56.9. The number of hydrogen-bond donors (Lipinski definition) is 1. The highest BCUT2D eigenvalue weighted by molar-refractivity contribution is 7.96. The van der Waals surface area contributed by atoms with Crippen molar-refractivity contribution in [2.75, 3.05) is 18.6 Å². The molecule has 1 fully saturated rings. The molecule has 0 unspecified atom stereocenters. The average Bonchev–Trinajstić information content (AvgIpc) is 2.97. The van der Waals surface area contributed by atoms with E-state index < -0.39 is 36.7 Å². The van der Waals surface area contributed by atoms with E-state index in [1.54, 1.807) is 12.1 Å². The van der Waals surface area contributed by atoms with Crippen molar-refractivity contribution in [2.45, 2.75) is 43.5 Å². The van der Waals surface area contributed by atoms with Crippen LogP contribution in [0.5, 0.6) is 5.75 Å². The Morgan fingerprint density at radius 1 is 1.07 bits per heavy atom. The maximum atomic E-state index is 13.5. The molecule has 0 spiro atoms. The minimum Gasteiger partial charge on any atom is -0.495 e. The Kier molecular flexibility index (Phi) is 6.08. The molecule has 0 aliphatic carbocycles. The van der Waals surface area contributed by atoms with E-state index in [4.69, 9.17) is 4.74 Å². The summed E-state index contributed by atoms with van der Waals surface area (Å²) in [6, 6.07) is 10.4. The molecule has 6 nitrogen and oxygen atoms in total. The monoisotopic (exact) mass is 437 g/mol. The van der Waals surface area contributed by atoms with Crippen molar-refractivity contribution in [2.24, 2.45) is 0 Å². The first-order valence-corrected chi connectivity index (χ1v) is 12.8. The lowest BCUT2D eigenvalue weighted by atomic mass is 10.1. The molecule has 0 saturated carbocycles. The largest absolute Gasteiger partial charge is 0.495 e. The molecule has 2 aromatic rings. The second-order valence-corrected chi connectivity index (χ2v) is 12.0. The molecule has 1 aliphatic heterocycles. The zero-order chi connectivity index (χ0) is 21.4. The summed E-state index contributed by atoms with van der Waals surface area (Å²) in [4.78, 5) is 0.0487. The van der Waals surface area contributed by atoms with Crippen molar-refractivity contribution < 1.29 is 21.6 Å². The minimum absolute atomic E-state index is 0.0487. The number of aryl methyl sites for hydroxylation is 3. The highest BCUT2D eigenvalue weighted by Gasteiger charge is 2.46. The van der Waals surface area contributed by atoms with Crippen molar-refractivity contribution in [3.63, 3.8) is 0 Å². The molecular weight excluding hydrogens is 410 g/mol. The lowest BCUT2D eigenvalue weighted by molar-refractivity contribution is 0.401. The maximum absolute atomic E-state index is 13.5. The third-order valence-electron chi connectivity index (χ3n) is 5.44. The zero-order valence-corrected chi connectivity index (χ0v) is 18.7. The van der Waals surface area contributed by atoms with Gasteiger partial charge < -0.3 is 10.1 Å². The number of benzene rings is 2. The molecule has 0 bridgehead atoms. The van der Waals surface area contributed by atoms with Crippen LogP contribution in [0.15, 0.2) is 41.3 Å². The molecule has 1 heterocycles. The summed E-state index contributed by atoms with van der Waals surface area (Å²) in [6.45, 7) is 6.08. The maximum Gasteiger partial charge on any atom is 0.187 e. The van der Waals surface area contributed by atoms with Gasteiger partial charge in [-0.2, -0.15) is 0 Å². The lowest BCUT2D eigenvalue weighted by Crippen LogP contribution is -2.43. The van der Waals surface area contributed by atoms with E-state index in [2.05, 4.69) is 5.32 Å². The van der Waals surface area contributed by atoms with Crippen LogP contribution in [-0.2, 0) is 26.2 Å². The normalized spacial score (nSPS) is 21.2. The molecule has 158 valence electrons. The first-order valence-electron chi connectivity index (χ1n) is 9.42. The summed E-state index contributed by atoms with van der Waals surface area (Å²) >= 11 is 0. The number of nitrogens with one attached hydrogen (secondary N) is 1. The Bertz CT molecular complexity index is 1120. The highest BCUT2D eigenvalue weighted by atomic mass is 32.2. The smallest absolute Gasteiger partial charge is 0.187 e. The van der Waals surface area contributed by atoms with E-state index in [9.17, 15) is 16.8 Å². The molecular formula is C21H27NO5S2. The molecule has 3 rings (SSSR count). The fourth-order valence-corrected chi connectivity index (χ4v) is 8.63. The average molecular weight is 438 g/mol. The fourth-order valence-electron chi connectivity index (χ4n) is 3.69. The second-order valence-electron chi connectivity index (χ2n) is 7.72. The van der Waals surface area contributed by atoms with Gasteiger partial charge in [-0.3, -0.25) is 0 Å². The molecule has 0 radical (unpaired) electrons. The van der Waals surface area contributed by atoms with Gasteiger partial charge in [0.05, 0.1) is 23.9 Å². The SMILES string of the molecule is COc1cc(C)c(C)cc1S(=O)(=O)[C@H]1CS(=O)(=O)C[C@@H]1NCc1cccc(C)c1. The fraction of sp³-hybridized carbons (Fsp3) is 0.429. The Morgan fingerprint density at radius 2 is 1.76 bits per heavy atom. The van der Waals surface area contributed by atoms with Gasteiger partial charge in [0.2, 0.25) is 0 Å². The van der Waals surface area contributed by atoms with Crippen LogP contribution in [0, 0.1) is 20.8 Å².